The third-order valence-electron chi connectivity index (χ3n) is 5.20. The van der Waals surface area contributed by atoms with Gasteiger partial charge in [-0.3, -0.25) is 0 Å². The van der Waals surface area contributed by atoms with Crippen LogP contribution in [0.4, 0.5) is 28.0 Å². The first-order valence-electron chi connectivity index (χ1n) is 10.9. The van der Waals surface area contributed by atoms with Crippen LogP contribution in [0.5, 0.6) is 11.5 Å². The van der Waals surface area contributed by atoms with Gasteiger partial charge in [0.25, 0.3) is 0 Å². The van der Waals surface area contributed by atoms with Crippen LogP contribution < -0.4 is 15.0 Å². The summed E-state index contributed by atoms with van der Waals surface area (Å²) in [5.74, 6) is -1.54. The molecule has 0 bridgehead atoms. The zero-order valence-electron chi connectivity index (χ0n) is 19.1. The molecule has 0 aromatic heterocycles. The van der Waals surface area contributed by atoms with Crippen molar-refractivity contribution in [2.45, 2.75) is 45.4 Å². The molecule has 5 nitrogen and oxygen atoms in total. The lowest BCUT2D eigenvalue weighted by molar-refractivity contribution is -0.138. The van der Waals surface area contributed by atoms with E-state index < -0.39 is 35.0 Å². The van der Waals surface area contributed by atoms with Crippen LogP contribution in [0.25, 0.3) is 0 Å². The van der Waals surface area contributed by atoms with Crippen molar-refractivity contribution in [3.05, 3.63) is 51.3 Å². The van der Waals surface area contributed by atoms with Gasteiger partial charge in [-0.1, -0.05) is 12.1 Å². The van der Waals surface area contributed by atoms with Gasteiger partial charge in [0, 0.05) is 23.2 Å². The van der Waals surface area contributed by atoms with Gasteiger partial charge in [-0.05, 0) is 86.4 Å². The molecule has 2 aromatic carbocycles. The molecule has 186 valence electrons. The van der Waals surface area contributed by atoms with Gasteiger partial charge in [0.15, 0.2) is 11.6 Å². The predicted molar refractivity (Wildman–Crippen MR) is 130 cm³/mol. The van der Waals surface area contributed by atoms with E-state index in [4.69, 9.17) is 9.47 Å². The fourth-order valence-corrected chi connectivity index (χ4v) is 4.63. The number of benzene rings is 2. The maximum Gasteiger partial charge on any atom is 0.422 e. The van der Waals surface area contributed by atoms with E-state index in [1.807, 2.05) is 22.6 Å². The molecule has 0 aliphatic carbocycles. The maximum atomic E-state index is 14.3. The summed E-state index contributed by atoms with van der Waals surface area (Å²) >= 11 is 1.88. The van der Waals surface area contributed by atoms with Crippen molar-refractivity contribution in [1.82, 2.24) is 5.32 Å². The average Bonchev–Trinajstić information content (AvgIpc) is 2.73. The molecule has 10 heteroatoms. The van der Waals surface area contributed by atoms with E-state index in [2.05, 4.69) is 5.32 Å². The Hall–Kier alpha value is -2.24. The van der Waals surface area contributed by atoms with Crippen molar-refractivity contribution in [2.24, 2.45) is 5.92 Å². The number of para-hydroxylation sites is 1. The number of alkyl halides is 3. The molecular formula is C24H27F4IN2O3. The lowest BCUT2D eigenvalue weighted by Crippen LogP contribution is -2.43. The molecule has 3 rings (SSSR count). The summed E-state index contributed by atoms with van der Waals surface area (Å²) in [6, 6.07) is 8.09. The lowest BCUT2D eigenvalue weighted by atomic mass is 9.96. The average molecular weight is 594 g/mol. The summed E-state index contributed by atoms with van der Waals surface area (Å²) in [5.41, 5.74) is -1.58. The van der Waals surface area contributed by atoms with E-state index in [9.17, 15) is 22.4 Å². The van der Waals surface area contributed by atoms with Crippen molar-refractivity contribution in [1.29, 1.82) is 0 Å². The number of piperidine rings is 1. The van der Waals surface area contributed by atoms with Crippen molar-refractivity contribution < 1.29 is 31.8 Å². The molecule has 2 aromatic rings. The Bertz CT molecular complexity index is 1020. The second kappa shape index (κ2) is 10.6. The number of rotatable bonds is 5. The first-order valence-corrected chi connectivity index (χ1v) is 12.0. The molecule has 1 aliphatic rings. The SMILES string of the molecule is CC(C)(C)OC(=O)NC[C@@H]1CCCN(c2c(I)ccc(Oc3ccccc3F)c2C(F)(F)F)C1. The molecule has 34 heavy (non-hydrogen) atoms. The fraction of sp³-hybridized carbons (Fsp3) is 0.458. The molecule has 0 saturated carbocycles. The third-order valence-corrected chi connectivity index (χ3v) is 6.07. The number of ether oxygens (including phenoxy) is 2. The van der Waals surface area contributed by atoms with Crippen molar-refractivity contribution in [2.75, 3.05) is 24.5 Å². The summed E-state index contributed by atoms with van der Waals surface area (Å²) in [4.78, 5) is 13.7. The van der Waals surface area contributed by atoms with Crippen LogP contribution in [0.2, 0.25) is 0 Å². The molecule has 1 aliphatic heterocycles. The molecule has 1 atom stereocenters. The monoisotopic (exact) mass is 594 g/mol. The number of carbonyl (C=O) groups excluding carboxylic acids is 1. The van der Waals surface area contributed by atoms with Crippen molar-refractivity contribution in [3.8, 4) is 11.5 Å². The molecule has 1 heterocycles. The minimum absolute atomic E-state index is 0.00362. The van der Waals surface area contributed by atoms with E-state index in [0.717, 1.165) is 12.5 Å². The number of nitrogens with one attached hydrogen (secondary N) is 1. The van der Waals surface area contributed by atoms with Crippen LogP contribution in [-0.2, 0) is 10.9 Å². The summed E-state index contributed by atoms with van der Waals surface area (Å²) in [6.07, 6.45) is -3.86. The first kappa shape index (κ1) is 26.4. The lowest BCUT2D eigenvalue weighted by Gasteiger charge is -2.37. The molecule has 0 unspecified atom stereocenters. The van der Waals surface area contributed by atoms with Crippen LogP contribution in [-0.4, -0.2) is 31.3 Å². The molecule has 1 N–H and O–H groups in total. The maximum absolute atomic E-state index is 14.3. The first-order chi connectivity index (χ1) is 15.8. The minimum Gasteiger partial charge on any atom is -0.454 e. The molecule has 1 saturated heterocycles. The second-order valence-corrected chi connectivity index (χ2v) is 10.3. The Labute approximate surface area is 209 Å². The molecular weight excluding hydrogens is 567 g/mol. The topological polar surface area (TPSA) is 50.8 Å². The smallest absolute Gasteiger partial charge is 0.422 e. The van der Waals surface area contributed by atoms with Gasteiger partial charge in [0.1, 0.15) is 16.9 Å². The summed E-state index contributed by atoms with van der Waals surface area (Å²) < 4.78 is 68.0. The van der Waals surface area contributed by atoms with Gasteiger partial charge in [-0.25, -0.2) is 9.18 Å². The molecule has 0 spiro atoms. The number of hydrogen-bond donors (Lipinski definition) is 1. The number of hydrogen-bond acceptors (Lipinski definition) is 4. The molecule has 1 fully saturated rings. The standard InChI is InChI=1S/C24H27F4IN2O3/c1-23(2,3)34-22(32)30-13-15-7-6-12-31(14-15)21-17(29)10-11-19(20(21)24(26,27)28)33-18-9-5-4-8-16(18)25/h4-5,8-11,15H,6-7,12-14H2,1-3H3,(H,30,32)/t15-/m0/s1. The van der Waals surface area contributed by atoms with E-state index in [1.54, 1.807) is 25.7 Å². The highest BCUT2D eigenvalue weighted by molar-refractivity contribution is 14.1. The highest BCUT2D eigenvalue weighted by Crippen LogP contribution is 2.47. The van der Waals surface area contributed by atoms with E-state index >= 15 is 0 Å². The van der Waals surface area contributed by atoms with Gasteiger partial charge in [0.05, 0.1) is 5.69 Å². The predicted octanol–water partition coefficient (Wildman–Crippen LogP) is 6.98. The highest BCUT2D eigenvalue weighted by Gasteiger charge is 2.41. The van der Waals surface area contributed by atoms with E-state index in [1.165, 1.54) is 30.3 Å². The largest absolute Gasteiger partial charge is 0.454 e. The molecule has 1 amide bonds. The Morgan fingerprint density at radius 1 is 1.15 bits per heavy atom. The van der Waals surface area contributed by atoms with Crippen molar-refractivity contribution >= 4 is 34.4 Å². The number of amides is 1. The van der Waals surface area contributed by atoms with Gasteiger partial charge < -0.3 is 19.7 Å². The van der Waals surface area contributed by atoms with E-state index in [-0.39, 0.29) is 23.9 Å². The number of halogens is 5. The summed E-state index contributed by atoms with van der Waals surface area (Å²) in [5, 5.41) is 2.71. The fourth-order valence-electron chi connectivity index (χ4n) is 3.84. The number of anilines is 1. The van der Waals surface area contributed by atoms with E-state index in [0.29, 0.717) is 23.1 Å². The van der Waals surface area contributed by atoms with Gasteiger partial charge in [-0.15, -0.1) is 0 Å². The Morgan fingerprint density at radius 3 is 2.50 bits per heavy atom. The molecule has 0 radical (unpaired) electrons. The van der Waals surface area contributed by atoms with Crippen LogP contribution >= 0.6 is 22.6 Å². The second-order valence-electron chi connectivity index (χ2n) is 9.14. The van der Waals surface area contributed by atoms with Crippen LogP contribution in [0.15, 0.2) is 36.4 Å². The Balaban J connectivity index is 1.86. The quantitative estimate of drug-likeness (QED) is 0.300. The summed E-state index contributed by atoms with van der Waals surface area (Å²) in [7, 11) is 0. The summed E-state index contributed by atoms with van der Waals surface area (Å²) in [6.45, 7) is 6.29. The van der Waals surface area contributed by atoms with Crippen molar-refractivity contribution in [3.63, 3.8) is 0 Å². The number of carbonyl (C=O) groups is 1. The third kappa shape index (κ3) is 6.89. The highest BCUT2D eigenvalue weighted by atomic mass is 127. The Kier molecular flexibility index (Phi) is 8.20. The van der Waals surface area contributed by atoms with Gasteiger partial charge >= 0.3 is 12.3 Å². The van der Waals surface area contributed by atoms with Gasteiger partial charge in [-0.2, -0.15) is 13.2 Å². The zero-order chi connectivity index (χ0) is 25.1. The minimum atomic E-state index is -4.72. The Morgan fingerprint density at radius 2 is 1.85 bits per heavy atom. The number of alkyl carbamates (subject to hydrolysis) is 1. The van der Waals surface area contributed by atoms with Crippen LogP contribution in [0.3, 0.4) is 0 Å². The zero-order valence-corrected chi connectivity index (χ0v) is 21.3. The normalized spacial score (nSPS) is 16.8. The van der Waals surface area contributed by atoms with Crippen LogP contribution in [0, 0.1) is 15.3 Å². The van der Waals surface area contributed by atoms with Gasteiger partial charge in [0.2, 0.25) is 0 Å². The van der Waals surface area contributed by atoms with Crippen LogP contribution in [0.1, 0.15) is 39.2 Å². The number of nitrogens with zero attached hydrogens (tertiary/aromatic N) is 1.